The lowest BCUT2D eigenvalue weighted by Crippen LogP contribution is -2.20. The predicted octanol–water partition coefficient (Wildman–Crippen LogP) is 3.13. The lowest BCUT2D eigenvalue weighted by atomic mass is 10.2. The lowest BCUT2D eigenvalue weighted by Gasteiger charge is -2.11. The van der Waals surface area contributed by atoms with Crippen LogP contribution in [0, 0.1) is 0 Å². The van der Waals surface area contributed by atoms with Crippen LogP contribution in [0.4, 0.5) is 0 Å². The molecule has 1 radical (unpaired) electrons. The van der Waals surface area contributed by atoms with Crippen molar-refractivity contribution < 1.29 is 0 Å². The summed E-state index contributed by atoms with van der Waals surface area (Å²) in [7, 11) is -0.344. The van der Waals surface area contributed by atoms with Gasteiger partial charge >= 0.3 is 0 Å². The molecule has 1 aromatic rings. The van der Waals surface area contributed by atoms with Crippen molar-refractivity contribution in [3.63, 3.8) is 0 Å². The Hall–Kier alpha value is -0.273. The molecule has 0 aliphatic heterocycles. The molecule has 0 spiro atoms. The quantitative estimate of drug-likeness (QED) is 0.516. The van der Waals surface area contributed by atoms with Gasteiger partial charge in [-0.15, -0.1) is 11.6 Å². The first-order valence-electron chi connectivity index (χ1n) is 4.18. The molecule has 2 heteroatoms. The van der Waals surface area contributed by atoms with Crippen LogP contribution >= 0.6 is 11.6 Å². The number of halogens is 1. The lowest BCUT2D eigenvalue weighted by molar-refractivity contribution is 1.06. The van der Waals surface area contributed by atoms with Gasteiger partial charge in [-0.2, -0.15) is 0 Å². The first kappa shape index (κ1) is 9.81. The van der Waals surface area contributed by atoms with Crippen molar-refractivity contribution in [2.24, 2.45) is 0 Å². The van der Waals surface area contributed by atoms with E-state index < -0.39 is 0 Å². The molecule has 0 nitrogen and oxygen atoms in total. The zero-order valence-corrected chi connectivity index (χ0v) is 9.31. The minimum Gasteiger partial charge on any atom is -0.126 e. The SMILES string of the molecule is C[Si](C)C(Cl)Cc1ccccc1. The Morgan fingerprint density at radius 3 is 2.33 bits per heavy atom. The number of benzene rings is 1. The Kier molecular flexibility index (Phi) is 3.83. The molecule has 0 bridgehead atoms. The third kappa shape index (κ3) is 3.00. The summed E-state index contributed by atoms with van der Waals surface area (Å²) in [4.78, 5) is 0. The molecule has 0 N–H and O–H groups in total. The van der Waals surface area contributed by atoms with Crippen LogP contribution in [-0.2, 0) is 6.42 Å². The Morgan fingerprint density at radius 1 is 1.25 bits per heavy atom. The van der Waals surface area contributed by atoms with Gasteiger partial charge in [-0.3, -0.25) is 0 Å². The zero-order chi connectivity index (χ0) is 8.97. The van der Waals surface area contributed by atoms with E-state index in [-0.39, 0.29) is 8.80 Å². The summed E-state index contributed by atoms with van der Waals surface area (Å²) in [6, 6.07) is 10.4. The van der Waals surface area contributed by atoms with Crippen LogP contribution in [0.25, 0.3) is 0 Å². The molecule has 1 atom stereocenters. The molecule has 0 aromatic heterocycles. The summed E-state index contributed by atoms with van der Waals surface area (Å²) in [6.45, 7) is 4.51. The van der Waals surface area contributed by atoms with Crippen molar-refractivity contribution in [1.29, 1.82) is 0 Å². The molecular formula is C10H14ClSi. The first-order valence-corrected chi connectivity index (χ1v) is 7.19. The van der Waals surface area contributed by atoms with Crippen LogP contribution in [0.2, 0.25) is 13.1 Å². The fourth-order valence-corrected chi connectivity index (χ4v) is 1.85. The van der Waals surface area contributed by atoms with Crippen LogP contribution in [0.3, 0.4) is 0 Å². The highest BCUT2D eigenvalue weighted by Gasteiger charge is 2.10. The average Bonchev–Trinajstić information content (AvgIpc) is 2.06. The van der Waals surface area contributed by atoms with Gasteiger partial charge < -0.3 is 0 Å². The second-order valence-corrected chi connectivity index (χ2v) is 6.98. The topological polar surface area (TPSA) is 0 Å². The standard InChI is InChI=1S/C10H14ClSi/c1-12(2)10(11)8-9-6-4-3-5-7-9/h3-7,10H,8H2,1-2H3. The molecule has 0 heterocycles. The molecule has 1 rings (SSSR count). The zero-order valence-electron chi connectivity index (χ0n) is 7.55. The van der Waals surface area contributed by atoms with Gasteiger partial charge in [0.2, 0.25) is 0 Å². The van der Waals surface area contributed by atoms with E-state index in [9.17, 15) is 0 Å². The third-order valence-electron chi connectivity index (χ3n) is 1.88. The highest BCUT2D eigenvalue weighted by Crippen LogP contribution is 2.10. The smallest absolute Gasteiger partial charge is 0.0640 e. The van der Waals surface area contributed by atoms with Gasteiger partial charge in [0, 0.05) is 5.00 Å². The molecule has 0 saturated carbocycles. The summed E-state index contributed by atoms with van der Waals surface area (Å²) in [5, 5.41) is 0.359. The largest absolute Gasteiger partial charge is 0.126 e. The van der Waals surface area contributed by atoms with E-state index in [1.165, 1.54) is 5.56 Å². The number of alkyl halides is 1. The Labute approximate surface area is 81.2 Å². The molecule has 0 saturated heterocycles. The molecule has 0 aliphatic rings. The normalized spacial score (nSPS) is 13.3. The number of hydrogen-bond donors (Lipinski definition) is 0. The van der Waals surface area contributed by atoms with Crippen molar-refractivity contribution in [3.8, 4) is 0 Å². The second kappa shape index (κ2) is 4.68. The van der Waals surface area contributed by atoms with E-state index in [0.29, 0.717) is 5.00 Å². The maximum atomic E-state index is 6.20. The van der Waals surface area contributed by atoms with E-state index in [1.807, 2.05) is 6.07 Å². The van der Waals surface area contributed by atoms with Gasteiger partial charge in [-0.1, -0.05) is 43.4 Å². The maximum Gasteiger partial charge on any atom is 0.0640 e. The molecule has 12 heavy (non-hydrogen) atoms. The third-order valence-corrected chi connectivity index (χ3v) is 4.80. The Balaban J connectivity index is 2.53. The molecule has 0 fully saturated rings. The maximum absolute atomic E-state index is 6.20. The molecule has 1 unspecified atom stereocenters. The van der Waals surface area contributed by atoms with Crippen LogP contribution in [0.5, 0.6) is 0 Å². The molecular weight excluding hydrogens is 184 g/mol. The number of rotatable bonds is 3. The summed E-state index contributed by atoms with van der Waals surface area (Å²) >= 11 is 6.20. The van der Waals surface area contributed by atoms with Gasteiger partial charge in [0.25, 0.3) is 0 Å². The fraction of sp³-hybridized carbons (Fsp3) is 0.400. The van der Waals surface area contributed by atoms with Crippen LogP contribution in [0.15, 0.2) is 30.3 Å². The van der Waals surface area contributed by atoms with E-state index in [1.54, 1.807) is 0 Å². The molecule has 0 amide bonds. The average molecular weight is 198 g/mol. The van der Waals surface area contributed by atoms with Gasteiger partial charge in [-0.25, -0.2) is 0 Å². The predicted molar refractivity (Wildman–Crippen MR) is 57.3 cm³/mol. The van der Waals surface area contributed by atoms with Crippen molar-refractivity contribution in [1.82, 2.24) is 0 Å². The van der Waals surface area contributed by atoms with Gasteiger partial charge in [0.05, 0.1) is 8.80 Å². The fourth-order valence-electron chi connectivity index (χ4n) is 1.03. The van der Waals surface area contributed by atoms with Crippen LogP contribution < -0.4 is 0 Å². The molecule has 65 valence electrons. The minimum atomic E-state index is -0.344. The van der Waals surface area contributed by atoms with Crippen molar-refractivity contribution >= 4 is 20.4 Å². The van der Waals surface area contributed by atoms with Gasteiger partial charge in [0.1, 0.15) is 0 Å². The van der Waals surface area contributed by atoms with Crippen molar-refractivity contribution in [2.75, 3.05) is 0 Å². The van der Waals surface area contributed by atoms with Crippen LogP contribution in [0.1, 0.15) is 5.56 Å². The summed E-state index contributed by atoms with van der Waals surface area (Å²) in [5.41, 5.74) is 1.35. The van der Waals surface area contributed by atoms with E-state index in [4.69, 9.17) is 11.6 Å². The van der Waals surface area contributed by atoms with E-state index in [0.717, 1.165) is 6.42 Å². The highest BCUT2D eigenvalue weighted by atomic mass is 35.5. The second-order valence-electron chi connectivity index (χ2n) is 3.23. The summed E-state index contributed by atoms with van der Waals surface area (Å²) < 4.78 is 0. The van der Waals surface area contributed by atoms with Gasteiger partial charge in [-0.05, 0) is 12.0 Å². The highest BCUT2D eigenvalue weighted by molar-refractivity contribution is 6.67. The monoisotopic (exact) mass is 197 g/mol. The van der Waals surface area contributed by atoms with E-state index in [2.05, 4.69) is 37.4 Å². The molecule has 1 aromatic carbocycles. The Bertz CT molecular complexity index is 221. The Morgan fingerprint density at radius 2 is 1.83 bits per heavy atom. The minimum absolute atomic E-state index is 0.344. The number of hydrogen-bond acceptors (Lipinski definition) is 0. The summed E-state index contributed by atoms with van der Waals surface area (Å²) in [6.07, 6.45) is 1.02. The summed E-state index contributed by atoms with van der Waals surface area (Å²) in [5.74, 6) is 0. The molecule has 0 aliphatic carbocycles. The van der Waals surface area contributed by atoms with Gasteiger partial charge in [0.15, 0.2) is 0 Å². The van der Waals surface area contributed by atoms with Crippen molar-refractivity contribution in [2.45, 2.75) is 24.5 Å². The van der Waals surface area contributed by atoms with E-state index >= 15 is 0 Å². The first-order chi connectivity index (χ1) is 5.70. The van der Waals surface area contributed by atoms with Crippen LogP contribution in [-0.4, -0.2) is 13.8 Å². The van der Waals surface area contributed by atoms with Crippen molar-refractivity contribution in [3.05, 3.63) is 35.9 Å².